The van der Waals surface area contributed by atoms with Crippen LogP contribution < -0.4 is 31.6 Å². The van der Waals surface area contributed by atoms with Gasteiger partial charge >= 0.3 is 11.9 Å². The predicted molar refractivity (Wildman–Crippen MR) is 120 cm³/mol. The van der Waals surface area contributed by atoms with Crippen LogP contribution in [0.1, 0.15) is 20.7 Å². The van der Waals surface area contributed by atoms with Crippen LogP contribution in [0.5, 0.6) is 0 Å². The van der Waals surface area contributed by atoms with E-state index in [2.05, 4.69) is 9.97 Å². The van der Waals surface area contributed by atoms with Crippen molar-refractivity contribution < 1.29 is 90.5 Å². The van der Waals surface area contributed by atoms with Gasteiger partial charge in [0, 0.05) is 12.1 Å². The number of aromatic amines is 2. The van der Waals surface area contributed by atoms with E-state index in [0.717, 1.165) is 0 Å². The van der Waals surface area contributed by atoms with Crippen LogP contribution in [0.2, 0.25) is 0 Å². The molecule has 0 bridgehead atoms. The van der Waals surface area contributed by atoms with Gasteiger partial charge in [-0.25, -0.2) is 19.6 Å². The molecule has 20 nitrogen and oxygen atoms in total. The first-order valence-corrected chi connectivity index (χ1v) is 9.65. The summed E-state index contributed by atoms with van der Waals surface area (Å²) in [5.41, 5.74) is 10.9. The number of H-pyrrole nitrogens is 2. The SMILES string of the molecule is NC(=O)c1ccc[nH+]c1.NC(=O)c1ccc[nH+]c1.O.O.O=C([O-])[C@H](O)[C@@H](O)C(=O)O.O=C([O-])[C@H](O)[C@@H](O)C(=O)O. The normalized spacial score (nSPS) is 11.9. The zero-order chi connectivity index (χ0) is 30.0. The lowest BCUT2D eigenvalue weighted by Gasteiger charge is -2.13. The third-order valence-electron chi connectivity index (χ3n) is 3.57. The molecule has 16 N–H and O–H groups in total. The first kappa shape index (κ1) is 42.0. The maximum Gasteiger partial charge on any atom is 0.335 e. The zero-order valence-electron chi connectivity index (χ0n) is 20.0. The van der Waals surface area contributed by atoms with Crippen LogP contribution in [0.4, 0.5) is 0 Å². The summed E-state index contributed by atoms with van der Waals surface area (Å²) in [5, 5.41) is 68.3. The average molecular weight is 580 g/mol. The highest BCUT2D eigenvalue weighted by atomic mass is 16.4. The number of amides is 2. The van der Waals surface area contributed by atoms with Gasteiger partial charge in [-0.05, 0) is 12.1 Å². The topological polar surface area (TPSA) is 413 Å². The van der Waals surface area contributed by atoms with Gasteiger partial charge in [-0.3, -0.25) is 9.59 Å². The Morgan fingerprint density at radius 1 is 0.625 bits per heavy atom. The molecular formula is C20H28N4O16. The summed E-state index contributed by atoms with van der Waals surface area (Å²) in [5.74, 6) is -8.48. The molecule has 40 heavy (non-hydrogen) atoms. The number of nitrogens with two attached hydrogens (primary N) is 2. The lowest BCUT2D eigenvalue weighted by molar-refractivity contribution is -0.378. The molecule has 0 aliphatic rings. The molecule has 2 aromatic heterocycles. The Hall–Kier alpha value is -5.12. The van der Waals surface area contributed by atoms with Crippen LogP contribution in [0, 0.1) is 0 Å². The van der Waals surface area contributed by atoms with E-state index >= 15 is 0 Å². The van der Waals surface area contributed by atoms with Gasteiger partial charge in [0.05, 0.1) is 11.9 Å². The highest BCUT2D eigenvalue weighted by Gasteiger charge is 2.24. The zero-order valence-corrected chi connectivity index (χ0v) is 20.0. The van der Waals surface area contributed by atoms with E-state index in [9.17, 15) is 39.0 Å². The van der Waals surface area contributed by atoms with E-state index in [1.54, 1.807) is 49.1 Å². The van der Waals surface area contributed by atoms with Crippen LogP contribution in [0.25, 0.3) is 0 Å². The van der Waals surface area contributed by atoms with E-state index in [-0.39, 0.29) is 11.0 Å². The highest BCUT2D eigenvalue weighted by molar-refractivity contribution is 5.92. The van der Waals surface area contributed by atoms with Crippen molar-refractivity contribution in [1.29, 1.82) is 0 Å². The van der Waals surface area contributed by atoms with E-state index in [1.807, 2.05) is 0 Å². The third kappa shape index (κ3) is 18.2. The predicted octanol–water partition coefficient (Wildman–Crippen LogP) is -9.36. The molecule has 2 amide bonds. The van der Waals surface area contributed by atoms with E-state index in [1.165, 1.54) is 0 Å². The summed E-state index contributed by atoms with van der Waals surface area (Å²) in [4.78, 5) is 65.1. The number of hydrogen-bond acceptors (Lipinski definition) is 12. The van der Waals surface area contributed by atoms with Gasteiger partial charge in [0.25, 0.3) is 11.8 Å². The number of nitrogens with one attached hydrogen (secondary N) is 2. The minimum Gasteiger partial charge on any atom is -0.547 e. The number of aliphatic hydroxyl groups is 4. The molecular weight excluding hydrogens is 552 g/mol. The van der Waals surface area contributed by atoms with Crippen molar-refractivity contribution in [2.24, 2.45) is 11.5 Å². The molecule has 0 saturated carbocycles. The second-order valence-corrected chi connectivity index (χ2v) is 6.41. The maximum absolute atomic E-state index is 10.4. The molecule has 4 atom stereocenters. The summed E-state index contributed by atoms with van der Waals surface area (Å²) >= 11 is 0. The minimum absolute atomic E-state index is 0. The number of pyridine rings is 2. The van der Waals surface area contributed by atoms with Gasteiger partial charge in [0.15, 0.2) is 37.0 Å². The monoisotopic (exact) mass is 580 g/mol. The molecule has 224 valence electrons. The number of primary amides is 2. The van der Waals surface area contributed by atoms with Crippen molar-refractivity contribution in [3.8, 4) is 0 Å². The molecule has 0 aliphatic carbocycles. The van der Waals surface area contributed by atoms with E-state index in [0.29, 0.717) is 11.1 Å². The number of rotatable bonds is 8. The third-order valence-corrected chi connectivity index (χ3v) is 3.57. The summed E-state index contributed by atoms with van der Waals surface area (Å²) in [6.45, 7) is 0. The van der Waals surface area contributed by atoms with Gasteiger partial charge in [-0.1, -0.05) is 0 Å². The van der Waals surface area contributed by atoms with Gasteiger partial charge in [0.1, 0.15) is 23.3 Å². The fourth-order valence-electron chi connectivity index (χ4n) is 1.62. The summed E-state index contributed by atoms with van der Waals surface area (Å²) in [6, 6.07) is 6.75. The summed E-state index contributed by atoms with van der Waals surface area (Å²) < 4.78 is 0. The van der Waals surface area contributed by atoms with Crippen LogP contribution in [-0.2, 0) is 19.2 Å². The molecule has 2 rings (SSSR count). The molecule has 0 aliphatic heterocycles. The Labute approximate surface area is 223 Å². The van der Waals surface area contributed by atoms with Crippen molar-refractivity contribution in [3.05, 3.63) is 60.2 Å². The van der Waals surface area contributed by atoms with Gasteiger partial charge in [0.2, 0.25) is 0 Å². The average Bonchev–Trinajstić information content (AvgIpc) is 2.88. The standard InChI is InChI=1S/2C6H6N2O.2C4H6O6.2H2O/c2*7-6(9)5-2-1-3-8-4-5;2*5-1(3(7)8)2(6)4(9)10;;/h2*1-4H,(H2,7,9);2*1-2,5-6H,(H,7,8)(H,9,10);2*1H2/t;;2*1-,2-;;/m..11../s1. The fraction of sp³-hybridized carbons (Fsp3) is 0.200. The van der Waals surface area contributed by atoms with E-state index < -0.39 is 60.1 Å². The first-order chi connectivity index (χ1) is 17.5. The van der Waals surface area contributed by atoms with Crippen LogP contribution in [0.15, 0.2) is 49.1 Å². The Bertz CT molecular complexity index is 949. The molecule has 2 aromatic rings. The van der Waals surface area contributed by atoms with Crippen LogP contribution in [0.3, 0.4) is 0 Å². The molecule has 0 radical (unpaired) electrons. The number of carboxylic acid groups (broad SMARTS) is 4. The summed E-state index contributed by atoms with van der Waals surface area (Å²) in [7, 11) is 0. The number of aromatic nitrogens is 2. The van der Waals surface area contributed by atoms with Crippen molar-refractivity contribution in [3.63, 3.8) is 0 Å². The van der Waals surface area contributed by atoms with Crippen molar-refractivity contribution in [2.75, 3.05) is 0 Å². The Kier molecular flexibility index (Phi) is 23.0. The van der Waals surface area contributed by atoms with Crippen molar-refractivity contribution in [2.45, 2.75) is 24.4 Å². The molecule has 0 unspecified atom stereocenters. The van der Waals surface area contributed by atoms with Gasteiger partial charge in [-0.2, -0.15) is 0 Å². The quantitative estimate of drug-likeness (QED) is 0.144. The number of carbonyl (C=O) groups excluding carboxylic acids is 4. The molecule has 0 fully saturated rings. The molecule has 20 heteroatoms. The molecule has 2 heterocycles. The lowest BCUT2D eigenvalue weighted by Crippen LogP contribution is -2.46. The van der Waals surface area contributed by atoms with Crippen molar-refractivity contribution in [1.82, 2.24) is 0 Å². The minimum atomic E-state index is -2.38. The lowest BCUT2D eigenvalue weighted by atomic mass is 10.2. The van der Waals surface area contributed by atoms with Crippen LogP contribution >= 0.6 is 0 Å². The first-order valence-electron chi connectivity index (χ1n) is 9.65. The number of carboxylic acids is 4. The smallest absolute Gasteiger partial charge is 0.335 e. The molecule has 0 spiro atoms. The summed E-state index contributed by atoms with van der Waals surface area (Å²) in [6.07, 6.45) is -2.87. The van der Waals surface area contributed by atoms with Crippen LogP contribution in [-0.4, -0.2) is 102 Å². The number of aliphatic hydroxyl groups excluding tert-OH is 4. The number of aliphatic carboxylic acids is 4. The second kappa shape index (κ2) is 21.9. The fourth-order valence-corrected chi connectivity index (χ4v) is 1.62. The Morgan fingerprint density at radius 3 is 1.00 bits per heavy atom. The van der Waals surface area contributed by atoms with E-state index in [4.69, 9.17) is 42.1 Å². The number of hydrogen-bond donors (Lipinski definition) is 8. The van der Waals surface area contributed by atoms with Gasteiger partial charge in [-0.15, -0.1) is 0 Å². The second-order valence-electron chi connectivity index (χ2n) is 6.41. The molecule has 0 aromatic carbocycles. The highest BCUT2D eigenvalue weighted by Crippen LogP contribution is 1.92. The maximum atomic E-state index is 10.4. The van der Waals surface area contributed by atoms with Crippen molar-refractivity contribution >= 4 is 35.7 Å². The number of carbonyl (C=O) groups is 6. The van der Waals surface area contributed by atoms with Gasteiger partial charge < -0.3 is 72.9 Å². The Morgan fingerprint density at radius 2 is 0.900 bits per heavy atom. The Balaban J connectivity index is -0.000000213. The largest absolute Gasteiger partial charge is 0.547 e. The molecule has 0 saturated heterocycles.